The molecule has 0 aliphatic carbocycles. The Hall–Kier alpha value is -2.72. The average molecular weight is 307 g/mol. The SMILES string of the molecule is Clc1cccc(-n2cc(-c3cnc4ccccc4n3)cn2)c1. The van der Waals surface area contributed by atoms with Crippen LogP contribution >= 0.6 is 11.6 Å². The van der Waals surface area contributed by atoms with Gasteiger partial charge in [-0.2, -0.15) is 5.10 Å². The lowest BCUT2D eigenvalue weighted by Crippen LogP contribution is -1.93. The molecule has 0 fully saturated rings. The molecule has 4 rings (SSSR count). The van der Waals surface area contributed by atoms with E-state index >= 15 is 0 Å². The van der Waals surface area contributed by atoms with E-state index in [9.17, 15) is 0 Å². The predicted octanol–water partition coefficient (Wildman–Crippen LogP) is 4.14. The molecule has 0 saturated heterocycles. The Morgan fingerprint density at radius 2 is 1.77 bits per heavy atom. The fourth-order valence-electron chi connectivity index (χ4n) is 2.31. The summed E-state index contributed by atoms with van der Waals surface area (Å²) in [5.41, 5.74) is 4.38. The van der Waals surface area contributed by atoms with E-state index in [1.165, 1.54) is 0 Å². The van der Waals surface area contributed by atoms with Gasteiger partial charge in [-0.05, 0) is 30.3 Å². The molecule has 2 heterocycles. The summed E-state index contributed by atoms with van der Waals surface area (Å²) < 4.78 is 1.78. The number of hydrogen-bond acceptors (Lipinski definition) is 3. The number of fused-ring (bicyclic) bond motifs is 1. The van der Waals surface area contributed by atoms with Crippen LogP contribution in [0.4, 0.5) is 0 Å². The largest absolute Gasteiger partial charge is 0.252 e. The minimum atomic E-state index is 0.681. The van der Waals surface area contributed by atoms with Crippen LogP contribution in [0.5, 0.6) is 0 Å². The van der Waals surface area contributed by atoms with Crippen molar-refractivity contribution in [2.24, 2.45) is 0 Å². The van der Waals surface area contributed by atoms with Crippen molar-refractivity contribution in [2.75, 3.05) is 0 Å². The molecule has 2 aromatic heterocycles. The highest BCUT2D eigenvalue weighted by molar-refractivity contribution is 6.30. The summed E-state index contributed by atoms with van der Waals surface area (Å²) in [7, 11) is 0. The van der Waals surface area contributed by atoms with Gasteiger partial charge in [0.1, 0.15) is 0 Å². The number of aromatic nitrogens is 4. The van der Waals surface area contributed by atoms with Crippen molar-refractivity contribution in [3.8, 4) is 16.9 Å². The summed E-state index contributed by atoms with van der Waals surface area (Å²) in [4.78, 5) is 9.06. The molecule has 106 valence electrons. The van der Waals surface area contributed by atoms with Gasteiger partial charge in [0.25, 0.3) is 0 Å². The van der Waals surface area contributed by atoms with Gasteiger partial charge in [-0.15, -0.1) is 0 Å². The number of hydrogen-bond donors (Lipinski definition) is 0. The van der Waals surface area contributed by atoms with Gasteiger partial charge in [0, 0.05) is 16.8 Å². The Morgan fingerprint density at radius 1 is 0.909 bits per heavy atom. The number of para-hydroxylation sites is 2. The fraction of sp³-hybridized carbons (Fsp3) is 0. The van der Waals surface area contributed by atoms with E-state index in [0.29, 0.717) is 5.02 Å². The normalized spacial score (nSPS) is 11.0. The van der Waals surface area contributed by atoms with E-state index in [1.807, 2.05) is 54.7 Å². The van der Waals surface area contributed by atoms with Crippen LogP contribution in [0.15, 0.2) is 67.1 Å². The van der Waals surface area contributed by atoms with Crippen molar-refractivity contribution < 1.29 is 0 Å². The molecule has 4 aromatic rings. The summed E-state index contributed by atoms with van der Waals surface area (Å²) in [6.45, 7) is 0. The summed E-state index contributed by atoms with van der Waals surface area (Å²) >= 11 is 6.02. The minimum Gasteiger partial charge on any atom is -0.252 e. The second-order valence-electron chi connectivity index (χ2n) is 4.90. The molecule has 0 bridgehead atoms. The molecule has 0 aliphatic heterocycles. The highest BCUT2D eigenvalue weighted by Crippen LogP contribution is 2.21. The summed E-state index contributed by atoms with van der Waals surface area (Å²) in [5, 5.41) is 5.05. The lowest BCUT2D eigenvalue weighted by atomic mass is 10.2. The highest BCUT2D eigenvalue weighted by Gasteiger charge is 2.06. The molecule has 2 aromatic carbocycles. The van der Waals surface area contributed by atoms with Crippen LogP contribution in [-0.2, 0) is 0 Å². The van der Waals surface area contributed by atoms with Crippen LogP contribution in [0.25, 0.3) is 28.0 Å². The van der Waals surface area contributed by atoms with Crippen molar-refractivity contribution in [1.82, 2.24) is 19.7 Å². The maximum atomic E-state index is 6.02. The summed E-state index contributed by atoms with van der Waals surface area (Å²) in [6.07, 6.45) is 5.46. The van der Waals surface area contributed by atoms with Gasteiger partial charge < -0.3 is 0 Å². The quantitative estimate of drug-likeness (QED) is 0.559. The topological polar surface area (TPSA) is 43.6 Å². The van der Waals surface area contributed by atoms with E-state index in [2.05, 4.69) is 15.1 Å². The lowest BCUT2D eigenvalue weighted by molar-refractivity contribution is 0.881. The van der Waals surface area contributed by atoms with Crippen LogP contribution in [0, 0.1) is 0 Å². The smallest absolute Gasteiger partial charge is 0.0924 e. The van der Waals surface area contributed by atoms with Gasteiger partial charge in [0.2, 0.25) is 0 Å². The molecular weight excluding hydrogens is 296 g/mol. The standard InChI is InChI=1S/C17H11ClN4/c18-13-4-3-5-14(8-13)22-11-12(9-20-22)17-10-19-15-6-1-2-7-16(15)21-17/h1-11H. The van der Waals surface area contributed by atoms with Crippen LogP contribution in [0.3, 0.4) is 0 Å². The third kappa shape index (κ3) is 2.34. The molecule has 0 radical (unpaired) electrons. The molecule has 22 heavy (non-hydrogen) atoms. The Labute approximate surface area is 132 Å². The monoisotopic (exact) mass is 306 g/mol. The number of rotatable bonds is 2. The van der Waals surface area contributed by atoms with E-state index in [-0.39, 0.29) is 0 Å². The molecule has 0 saturated carbocycles. The first-order valence-electron chi connectivity index (χ1n) is 6.82. The Kier molecular flexibility index (Phi) is 3.09. The first-order chi connectivity index (χ1) is 10.8. The fourth-order valence-corrected chi connectivity index (χ4v) is 2.50. The summed E-state index contributed by atoms with van der Waals surface area (Å²) in [6, 6.07) is 15.4. The maximum Gasteiger partial charge on any atom is 0.0924 e. The average Bonchev–Trinajstić information content (AvgIpc) is 3.04. The molecule has 0 atom stereocenters. The van der Waals surface area contributed by atoms with Crippen LogP contribution in [0.2, 0.25) is 5.02 Å². The number of nitrogens with zero attached hydrogens (tertiary/aromatic N) is 4. The van der Waals surface area contributed by atoms with Crippen molar-refractivity contribution in [2.45, 2.75) is 0 Å². The third-order valence-corrected chi connectivity index (χ3v) is 3.63. The number of halogens is 1. The Morgan fingerprint density at radius 3 is 2.64 bits per heavy atom. The van der Waals surface area contributed by atoms with E-state index in [1.54, 1.807) is 17.1 Å². The number of benzene rings is 2. The second kappa shape index (κ2) is 5.24. The molecule has 4 nitrogen and oxygen atoms in total. The minimum absolute atomic E-state index is 0.681. The molecule has 0 aliphatic rings. The summed E-state index contributed by atoms with van der Waals surface area (Å²) in [5.74, 6) is 0. The van der Waals surface area contributed by atoms with E-state index < -0.39 is 0 Å². The van der Waals surface area contributed by atoms with Crippen molar-refractivity contribution in [3.05, 3.63) is 72.1 Å². The van der Waals surface area contributed by atoms with Gasteiger partial charge in [0.15, 0.2) is 0 Å². The van der Waals surface area contributed by atoms with E-state index in [4.69, 9.17) is 11.6 Å². The zero-order valence-electron chi connectivity index (χ0n) is 11.5. The van der Waals surface area contributed by atoms with E-state index in [0.717, 1.165) is 28.0 Å². The van der Waals surface area contributed by atoms with Crippen LogP contribution in [-0.4, -0.2) is 19.7 Å². The zero-order valence-corrected chi connectivity index (χ0v) is 12.3. The van der Waals surface area contributed by atoms with Gasteiger partial charge in [-0.25, -0.2) is 9.67 Å². The molecule has 0 spiro atoms. The second-order valence-corrected chi connectivity index (χ2v) is 5.33. The molecular formula is C17H11ClN4. The van der Waals surface area contributed by atoms with Crippen molar-refractivity contribution >= 4 is 22.6 Å². The van der Waals surface area contributed by atoms with Gasteiger partial charge >= 0.3 is 0 Å². The van der Waals surface area contributed by atoms with Crippen molar-refractivity contribution in [3.63, 3.8) is 0 Å². The van der Waals surface area contributed by atoms with Crippen LogP contribution < -0.4 is 0 Å². The lowest BCUT2D eigenvalue weighted by Gasteiger charge is -2.01. The predicted molar refractivity (Wildman–Crippen MR) is 87.1 cm³/mol. The first-order valence-corrected chi connectivity index (χ1v) is 7.20. The zero-order chi connectivity index (χ0) is 14.9. The first kappa shape index (κ1) is 13.0. The molecule has 0 N–H and O–H groups in total. The Balaban J connectivity index is 1.76. The Bertz CT molecular complexity index is 961. The van der Waals surface area contributed by atoms with Crippen LogP contribution in [0.1, 0.15) is 0 Å². The third-order valence-electron chi connectivity index (χ3n) is 3.40. The highest BCUT2D eigenvalue weighted by atomic mass is 35.5. The maximum absolute atomic E-state index is 6.02. The molecule has 0 unspecified atom stereocenters. The van der Waals surface area contributed by atoms with Gasteiger partial charge in [-0.3, -0.25) is 4.98 Å². The van der Waals surface area contributed by atoms with Gasteiger partial charge in [-0.1, -0.05) is 29.8 Å². The molecule has 0 amide bonds. The van der Waals surface area contributed by atoms with Crippen molar-refractivity contribution in [1.29, 1.82) is 0 Å². The molecule has 5 heteroatoms. The van der Waals surface area contributed by atoms with Gasteiger partial charge in [0.05, 0.1) is 34.8 Å².